The number of carbonyl (C=O) groups excluding carboxylic acids is 2. The van der Waals surface area contributed by atoms with E-state index in [4.69, 9.17) is 0 Å². The minimum Gasteiger partial charge on any atom is -0.298 e. The van der Waals surface area contributed by atoms with Crippen LogP contribution in [-0.2, 0) is 0 Å². The highest BCUT2D eigenvalue weighted by molar-refractivity contribution is 5.96. The van der Waals surface area contributed by atoms with Crippen molar-refractivity contribution in [3.63, 3.8) is 0 Å². The maximum atomic E-state index is 13.2. The van der Waals surface area contributed by atoms with Crippen LogP contribution >= 0.6 is 0 Å². The Kier molecular flexibility index (Phi) is 2.56. The Morgan fingerprint density at radius 3 is 2.54 bits per heavy atom. The molecule has 3 heteroatoms. The number of carbonyl (C=O) groups is 2. The van der Waals surface area contributed by atoms with Gasteiger partial charge < -0.3 is 0 Å². The Balaban J connectivity index is 3.39. The zero-order chi connectivity index (χ0) is 10.0. The molecule has 0 aliphatic rings. The second-order valence-electron chi connectivity index (χ2n) is 2.82. The maximum absolute atomic E-state index is 13.2. The average molecular weight is 180 g/mol. The van der Waals surface area contributed by atoms with E-state index < -0.39 is 5.82 Å². The molecule has 0 spiro atoms. The number of Topliss-reactive ketones (excluding diaryl/α,β-unsaturated/α-hetero) is 1. The molecule has 0 aliphatic carbocycles. The molecule has 13 heavy (non-hydrogen) atoms. The molecule has 2 nitrogen and oxygen atoms in total. The van der Waals surface area contributed by atoms with E-state index in [1.807, 2.05) is 0 Å². The molecule has 0 saturated carbocycles. The number of rotatable bonds is 2. The predicted octanol–water partition coefficient (Wildman–Crippen LogP) is 2.15. The van der Waals surface area contributed by atoms with E-state index in [2.05, 4.69) is 0 Å². The molecule has 1 aromatic rings. The number of benzene rings is 1. The van der Waals surface area contributed by atoms with Crippen molar-refractivity contribution < 1.29 is 14.0 Å². The Morgan fingerprint density at radius 1 is 1.46 bits per heavy atom. The SMILES string of the molecule is CC(=O)c1ccc(C=O)c(F)c1C. The van der Waals surface area contributed by atoms with Crippen molar-refractivity contribution in [2.45, 2.75) is 13.8 Å². The van der Waals surface area contributed by atoms with Crippen LogP contribution < -0.4 is 0 Å². The molecule has 0 aromatic heterocycles. The van der Waals surface area contributed by atoms with Gasteiger partial charge in [0.05, 0.1) is 5.56 Å². The van der Waals surface area contributed by atoms with Gasteiger partial charge in [-0.25, -0.2) is 4.39 Å². The molecule has 0 amide bonds. The lowest BCUT2D eigenvalue weighted by atomic mass is 10.0. The summed E-state index contributed by atoms with van der Waals surface area (Å²) in [5.74, 6) is -0.809. The van der Waals surface area contributed by atoms with Crippen LogP contribution in [0.3, 0.4) is 0 Å². The molecular weight excluding hydrogens is 171 g/mol. The summed E-state index contributed by atoms with van der Waals surface area (Å²) in [6, 6.07) is 2.77. The van der Waals surface area contributed by atoms with Crippen LogP contribution in [0.1, 0.15) is 33.2 Å². The molecule has 0 aliphatic heterocycles. The van der Waals surface area contributed by atoms with Crippen molar-refractivity contribution in [2.75, 3.05) is 0 Å². The summed E-state index contributed by atoms with van der Waals surface area (Å²) in [7, 11) is 0. The van der Waals surface area contributed by atoms with Gasteiger partial charge in [-0.05, 0) is 25.5 Å². The molecule has 1 aromatic carbocycles. The summed E-state index contributed by atoms with van der Waals surface area (Å²) in [5, 5.41) is 0. The Bertz CT molecular complexity index is 369. The van der Waals surface area contributed by atoms with Gasteiger partial charge in [-0.15, -0.1) is 0 Å². The van der Waals surface area contributed by atoms with Crippen LogP contribution in [0.25, 0.3) is 0 Å². The summed E-state index contributed by atoms with van der Waals surface area (Å²) in [6.45, 7) is 2.85. The highest BCUT2D eigenvalue weighted by Gasteiger charge is 2.11. The topological polar surface area (TPSA) is 34.1 Å². The van der Waals surface area contributed by atoms with Crippen LogP contribution in [0.4, 0.5) is 4.39 Å². The summed E-state index contributed by atoms with van der Waals surface area (Å²) in [5.41, 5.74) is 0.544. The van der Waals surface area contributed by atoms with Gasteiger partial charge in [-0.2, -0.15) is 0 Å². The third kappa shape index (κ3) is 1.64. The predicted molar refractivity (Wildman–Crippen MR) is 46.5 cm³/mol. The number of aldehydes is 1. The Labute approximate surface area is 75.4 Å². The molecule has 0 bridgehead atoms. The van der Waals surface area contributed by atoms with E-state index in [1.165, 1.54) is 26.0 Å². The Morgan fingerprint density at radius 2 is 2.08 bits per heavy atom. The molecule has 0 fully saturated rings. The molecular formula is C10H9FO2. The van der Waals surface area contributed by atoms with Gasteiger partial charge in [-0.3, -0.25) is 9.59 Å². The number of hydrogen-bond donors (Lipinski definition) is 0. The van der Waals surface area contributed by atoms with E-state index in [0.29, 0.717) is 11.8 Å². The van der Waals surface area contributed by atoms with E-state index in [-0.39, 0.29) is 16.9 Å². The van der Waals surface area contributed by atoms with Gasteiger partial charge in [0, 0.05) is 5.56 Å². The summed E-state index contributed by atoms with van der Waals surface area (Å²) in [4.78, 5) is 21.3. The average Bonchev–Trinajstić information content (AvgIpc) is 2.09. The second-order valence-corrected chi connectivity index (χ2v) is 2.82. The number of hydrogen-bond acceptors (Lipinski definition) is 2. The molecule has 0 N–H and O–H groups in total. The van der Waals surface area contributed by atoms with Gasteiger partial charge in [0.2, 0.25) is 0 Å². The maximum Gasteiger partial charge on any atom is 0.160 e. The zero-order valence-corrected chi connectivity index (χ0v) is 7.43. The Hall–Kier alpha value is -1.51. The quantitative estimate of drug-likeness (QED) is 0.516. The van der Waals surface area contributed by atoms with Crippen LogP contribution in [0.2, 0.25) is 0 Å². The van der Waals surface area contributed by atoms with Gasteiger partial charge >= 0.3 is 0 Å². The largest absolute Gasteiger partial charge is 0.298 e. The lowest BCUT2D eigenvalue weighted by Gasteiger charge is -2.04. The second kappa shape index (κ2) is 3.47. The van der Waals surface area contributed by atoms with Crippen molar-refractivity contribution >= 4 is 12.1 Å². The fourth-order valence-corrected chi connectivity index (χ4v) is 1.18. The van der Waals surface area contributed by atoms with Crippen LogP contribution in [0.5, 0.6) is 0 Å². The lowest BCUT2D eigenvalue weighted by molar-refractivity contribution is 0.101. The summed E-state index contributed by atoms with van der Waals surface area (Å²) in [6.07, 6.45) is 0.437. The smallest absolute Gasteiger partial charge is 0.160 e. The molecule has 68 valence electrons. The third-order valence-electron chi connectivity index (χ3n) is 1.92. The van der Waals surface area contributed by atoms with Gasteiger partial charge in [-0.1, -0.05) is 6.07 Å². The van der Waals surface area contributed by atoms with E-state index >= 15 is 0 Å². The molecule has 1 rings (SSSR count). The number of ketones is 1. The molecule has 0 saturated heterocycles. The van der Waals surface area contributed by atoms with Crippen molar-refractivity contribution in [3.05, 3.63) is 34.6 Å². The summed E-state index contributed by atoms with van der Waals surface area (Å²) >= 11 is 0. The first-order chi connectivity index (χ1) is 6.07. The highest BCUT2D eigenvalue weighted by Crippen LogP contribution is 2.16. The first-order valence-electron chi connectivity index (χ1n) is 3.83. The van der Waals surface area contributed by atoms with E-state index in [1.54, 1.807) is 0 Å². The van der Waals surface area contributed by atoms with Crippen LogP contribution in [0, 0.1) is 12.7 Å². The van der Waals surface area contributed by atoms with Gasteiger partial charge in [0.25, 0.3) is 0 Å². The summed E-state index contributed by atoms with van der Waals surface area (Å²) < 4.78 is 13.2. The van der Waals surface area contributed by atoms with Crippen molar-refractivity contribution in [1.29, 1.82) is 0 Å². The zero-order valence-electron chi connectivity index (χ0n) is 7.43. The van der Waals surface area contributed by atoms with Crippen molar-refractivity contribution in [3.8, 4) is 0 Å². The fourth-order valence-electron chi connectivity index (χ4n) is 1.18. The normalized spacial score (nSPS) is 9.77. The van der Waals surface area contributed by atoms with E-state index in [0.717, 1.165) is 0 Å². The molecule has 0 unspecified atom stereocenters. The lowest BCUT2D eigenvalue weighted by Crippen LogP contribution is -2.01. The monoisotopic (exact) mass is 180 g/mol. The molecule has 0 heterocycles. The van der Waals surface area contributed by atoms with E-state index in [9.17, 15) is 14.0 Å². The highest BCUT2D eigenvalue weighted by atomic mass is 19.1. The first kappa shape index (κ1) is 9.58. The van der Waals surface area contributed by atoms with Crippen LogP contribution in [-0.4, -0.2) is 12.1 Å². The number of halogens is 1. The van der Waals surface area contributed by atoms with Crippen molar-refractivity contribution in [2.24, 2.45) is 0 Å². The minimum atomic E-state index is -0.609. The molecule has 0 radical (unpaired) electrons. The minimum absolute atomic E-state index is 0.0116. The van der Waals surface area contributed by atoms with Gasteiger partial charge in [0.1, 0.15) is 5.82 Å². The molecule has 0 atom stereocenters. The third-order valence-corrected chi connectivity index (χ3v) is 1.92. The van der Waals surface area contributed by atoms with Crippen LogP contribution in [0.15, 0.2) is 12.1 Å². The fraction of sp³-hybridized carbons (Fsp3) is 0.200. The van der Waals surface area contributed by atoms with Gasteiger partial charge in [0.15, 0.2) is 12.1 Å². The van der Waals surface area contributed by atoms with Crippen molar-refractivity contribution in [1.82, 2.24) is 0 Å². The first-order valence-corrected chi connectivity index (χ1v) is 3.83. The standard InChI is InChI=1S/C10H9FO2/c1-6-9(7(2)13)4-3-8(5-12)10(6)11/h3-5H,1-2H3.